The lowest BCUT2D eigenvalue weighted by Crippen LogP contribution is -2.82. The maximum atomic E-state index is 14.9. The van der Waals surface area contributed by atoms with Crippen molar-refractivity contribution in [3.05, 3.63) is 71.8 Å². The molecule has 2 aromatic carbocycles. The number of aliphatic hydroxyl groups excluding tert-OH is 2. The first-order valence-electron chi connectivity index (χ1n) is 19.5. The summed E-state index contributed by atoms with van der Waals surface area (Å²) in [6, 6.07) is 14.6. The molecule has 1 saturated heterocycles. The van der Waals surface area contributed by atoms with Gasteiger partial charge in [-0.1, -0.05) is 69.3 Å². The molecule has 1 heterocycles. The number of Topliss-reactive ketones (excluding diaryl/α,β-unsaturated/α-hetero) is 2. The maximum Gasteiger partial charge on any atom is 0.408 e. The van der Waals surface area contributed by atoms with E-state index in [2.05, 4.69) is 5.32 Å². The number of esters is 3. The van der Waals surface area contributed by atoms with Gasteiger partial charge in [-0.05, 0) is 45.4 Å². The van der Waals surface area contributed by atoms with E-state index in [-0.39, 0.29) is 18.6 Å². The average molecular weight is 808 g/mol. The summed E-state index contributed by atoms with van der Waals surface area (Å²) in [4.78, 5) is 83.6. The number of nitrogens with one attached hydrogen (secondary N) is 1. The van der Waals surface area contributed by atoms with E-state index < -0.39 is 124 Å². The minimum absolute atomic E-state index is 0.0747. The van der Waals surface area contributed by atoms with Crippen molar-refractivity contribution in [2.45, 2.75) is 122 Å². The molecule has 4 N–H and O–H groups in total. The Morgan fingerprint density at radius 3 is 2.10 bits per heavy atom. The van der Waals surface area contributed by atoms with Gasteiger partial charge in [0.05, 0.1) is 35.6 Å². The van der Waals surface area contributed by atoms with Crippen LogP contribution in [0.25, 0.3) is 0 Å². The molecule has 4 aliphatic rings. The molecule has 6 rings (SSSR count). The zero-order valence-electron chi connectivity index (χ0n) is 33.9. The van der Waals surface area contributed by atoms with E-state index in [1.807, 2.05) is 0 Å². The Labute approximate surface area is 336 Å². The van der Waals surface area contributed by atoms with Crippen molar-refractivity contribution in [3.63, 3.8) is 0 Å². The second kappa shape index (κ2) is 15.2. The van der Waals surface area contributed by atoms with Crippen LogP contribution in [0.5, 0.6) is 0 Å². The second-order valence-electron chi connectivity index (χ2n) is 17.9. The lowest BCUT2D eigenvalue weighted by atomic mass is 9.42. The predicted molar refractivity (Wildman–Crippen MR) is 203 cm³/mol. The Hall–Kier alpha value is -4.70. The number of carbonyl (C=O) groups is 6. The molecule has 2 bridgehead atoms. The molecule has 3 aliphatic carbocycles. The fourth-order valence-corrected chi connectivity index (χ4v) is 9.87. The Kier molecular flexibility index (Phi) is 11.2. The molecular weight excluding hydrogens is 754 g/mol. The summed E-state index contributed by atoms with van der Waals surface area (Å²) < 4.78 is 29.5. The molecule has 0 radical (unpaired) electrons. The molecule has 58 heavy (non-hydrogen) atoms. The summed E-state index contributed by atoms with van der Waals surface area (Å²) in [5.74, 6) is -8.93. The Balaban J connectivity index is 1.46. The van der Waals surface area contributed by atoms with Crippen LogP contribution in [-0.4, -0.2) is 105 Å². The van der Waals surface area contributed by atoms with Crippen LogP contribution in [0.1, 0.15) is 90.2 Å². The van der Waals surface area contributed by atoms with E-state index in [0.29, 0.717) is 5.56 Å². The van der Waals surface area contributed by atoms with E-state index >= 15 is 0 Å². The minimum atomic E-state index is -2.36. The normalized spacial score (nSPS) is 34.9. The predicted octanol–water partition coefficient (Wildman–Crippen LogP) is 3.40. The van der Waals surface area contributed by atoms with Gasteiger partial charge in [-0.25, -0.2) is 14.4 Å². The monoisotopic (exact) mass is 807 g/mol. The molecule has 15 heteroatoms. The van der Waals surface area contributed by atoms with Crippen molar-refractivity contribution in [2.75, 3.05) is 6.61 Å². The van der Waals surface area contributed by atoms with Crippen molar-refractivity contribution < 1.29 is 67.8 Å². The number of ether oxygens (including phenoxy) is 5. The first kappa shape index (κ1) is 42.9. The zero-order chi connectivity index (χ0) is 42.7. The van der Waals surface area contributed by atoms with Crippen LogP contribution in [-0.2, 0) is 42.9 Å². The summed E-state index contributed by atoms with van der Waals surface area (Å²) in [7, 11) is 0. The van der Waals surface area contributed by atoms with Gasteiger partial charge in [0.2, 0.25) is 11.6 Å². The number of rotatable bonds is 8. The van der Waals surface area contributed by atoms with Crippen molar-refractivity contribution in [2.24, 2.45) is 28.6 Å². The van der Waals surface area contributed by atoms with Crippen molar-refractivity contribution in [1.82, 2.24) is 5.32 Å². The number of fused-ring (bicyclic) bond motifs is 5. The Morgan fingerprint density at radius 2 is 1.55 bits per heavy atom. The van der Waals surface area contributed by atoms with Gasteiger partial charge in [0.1, 0.15) is 29.5 Å². The van der Waals surface area contributed by atoms with Crippen LogP contribution in [0.4, 0.5) is 4.79 Å². The van der Waals surface area contributed by atoms with Crippen LogP contribution in [0.2, 0.25) is 0 Å². The smallest absolute Gasteiger partial charge is 0.408 e. The molecular formula is C43H53NO14. The third kappa shape index (κ3) is 7.09. The SMILES string of the molecule is CC(=O)O[C@@]12CO[C@@H]1C[C@H](O)[C@@]1(C)C(=O)C(=O)C3C(C)C(OC(=O)[C@H](O)[C@@H](NC(=O)OC(C)(C)C)c4ccccc4)C[C@@](O)(C(OC(=O)c4ccccc4)C12)C3(C)C. The van der Waals surface area contributed by atoms with Crippen LogP contribution >= 0.6 is 0 Å². The van der Waals surface area contributed by atoms with E-state index in [0.717, 1.165) is 6.92 Å². The number of hydrogen-bond acceptors (Lipinski definition) is 14. The van der Waals surface area contributed by atoms with Gasteiger partial charge in [-0.3, -0.25) is 14.4 Å². The van der Waals surface area contributed by atoms with Crippen LogP contribution in [0.15, 0.2) is 60.7 Å². The third-order valence-corrected chi connectivity index (χ3v) is 12.9. The highest BCUT2D eigenvalue weighted by Crippen LogP contribution is 2.64. The molecule has 12 atom stereocenters. The second-order valence-corrected chi connectivity index (χ2v) is 17.9. The number of aliphatic hydroxyl groups is 3. The van der Waals surface area contributed by atoms with Crippen LogP contribution in [0.3, 0.4) is 0 Å². The summed E-state index contributed by atoms with van der Waals surface area (Å²) in [5, 5.41) is 39.3. The summed E-state index contributed by atoms with van der Waals surface area (Å²) >= 11 is 0. The average Bonchev–Trinajstić information content (AvgIpc) is 3.14. The molecule has 4 fully saturated rings. The molecule has 3 saturated carbocycles. The quantitative estimate of drug-likeness (QED) is 0.171. The first-order valence-corrected chi connectivity index (χ1v) is 19.5. The molecule has 1 amide bonds. The standard InChI is InChI=1S/C43H53NO14/c1-22-26(55-37(51)32(48)30(24-15-11-9-12-16-24)44-38(52)58-39(3,4)5)20-43(53)35(56-36(50)25-17-13-10-14-18-25)33-41(8,34(49)31(47)29(22)40(43,6)7)27(46)19-28-42(33,21-54-28)57-23(2)45/h9-18,22,26-30,32-33,35,46,48,53H,19-21H2,1-8H3,(H,44,52)/t22?,26?,27-,28+,29?,30-,32+,33?,35?,41+,42-,43+/m0/s1. The number of amides is 1. The van der Waals surface area contributed by atoms with Crippen molar-refractivity contribution in [3.8, 4) is 0 Å². The fourth-order valence-electron chi connectivity index (χ4n) is 9.87. The molecule has 314 valence electrons. The van der Waals surface area contributed by atoms with Crippen molar-refractivity contribution >= 4 is 35.6 Å². The van der Waals surface area contributed by atoms with Crippen molar-refractivity contribution in [1.29, 1.82) is 0 Å². The lowest BCUT2D eigenvalue weighted by molar-refractivity contribution is -0.350. The number of hydrogen-bond donors (Lipinski definition) is 4. The molecule has 0 spiro atoms. The highest BCUT2D eigenvalue weighted by Gasteiger charge is 2.79. The molecule has 2 aromatic rings. The summed E-state index contributed by atoms with van der Waals surface area (Å²) in [5.41, 5.74) is -8.31. The number of benzene rings is 2. The van der Waals surface area contributed by atoms with E-state index in [9.17, 15) is 44.1 Å². The van der Waals surface area contributed by atoms with E-state index in [1.54, 1.807) is 90.1 Å². The van der Waals surface area contributed by atoms with Gasteiger partial charge in [0.15, 0.2) is 11.7 Å². The zero-order valence-corrected chi connectivity index (χ0v) is 33.9. The molecule has 0 aromatic heterocycles. The van der Waals surface area contributed by atoms with Gasteiger partial charge >= 0.3 is 24.0 Å². The van der Waals surface area contributed by atoms with Gasteiger partial charge in [0, 0.05) is 37.0 Å². The molecule has 1 aliphatic heterocycles. The minimum Gasteiger partial charge on any atom is -0.460 e. The Morgan fingerprint density at radius 1 is 0.948 bits per heavy atom. The Bertz CT molecular complexity index is 1950. The largest absolute Gasteiger partial charge is 0.460 e. The summed E-state index contributed by atoms with van der Waals surface area (Å²) in [6.45, 7) is 11.8. The number of alkyl carbamates (subject to hydrolysis) is 1. The maximum absolute atomic E-state index is 14.9. The molecule has 15 nitrogen and oxygen atoms in total. The number of ketones is 2. The van der Waals surface area contributed by atoms with Gasteiger partial charge in [-0.2, -0.15) is 0 Å². The topological polar surface area (TPSA) is 221 Å². The highest BCUT2D eigenvalue weighted by atomic mass is 16.6. The first-order chi connectivity index (χ1) is 27.0. The van der Waals surface area contributed by atoms with E-state index in [1.165, 1.54) is 19.1 Å². The number of carbonyl (C=O) groups excluding carboxylic acids is 6. The summed E-state index contributed by atoms with van der Waals surface area (Å²) in [6.07, 6.45) is -9.48. The van der Waals surface area contributed by atoms with Gasteiger partial charge in [0.25, 0.3) is 0 Å². The lowest BCUT2D eigenvalue weighted by Gasteiger charge is -2.67. The van der Waals surface area contributed by atoms with Crippen LogP contribution in [0, 0.1) is 28.6 Å². The van der Waals surface area contributed by atoms with E-state index in [4.69, 9.17) is 23.7 Å². The molecule has 5 unspecified atom stereocenters. The van der Waals surface area contributed by atoms with Gasteiger partial charge in [-0.15, -0.1) is 0 Å². The third-order valence-electron chi connectivity index (χ3n) is 12.9. The highest BCUT2D eigenvalue weighted by molar-refractivity contribution is 6.40. The fraction of sp³-hybridized carbons (Fsp3) is 0.581. The van der Waals surface area contributed by atoms with Gasteiger partial charge < -0.3 is 44.3 Å². The van der Waals surface area contributed by atoms with Crippen LogP contribution < -0.4 is 5.32 Å².